The molecule has 31 heavy (non-hydrogen) atoms. The average Bonchev–Trinajstić information content (AvgIpc) is 3.46. The van der Waals surface area contributed by atoms with Crippen LogP contribution in [0.5, 0.6) is 0 Å². The van der Waals surface area contributed by atoms with Crippen molar-refractivity contribution in [2.75, 3.05) is 19.6 Å². The number of nitrogens with zero attached hydrogens (tertiary/aromatic N) is 5. The maximum absolute atomic E-state index is 14.0. The van der Waals surface area contributed by atoms with Gasteiger partial charge in [0, 0.05) is 50.8 Å². The third kappa shape index (κ3) is 3.28. The fraction of sp³-hybridized carbons (Fsp3) is 0.619. The first kappa shape index (κ1) is 19.1. The summed E-state index contributed by atoms with van der Waals surface area (Å²) in [6.07, 6.45) is 7.78. The van der Waals surface area contributed by atoms with Gasteiger partial charge in [-0.1, -0.05) is 0 Å². The normalized spacial score (nSPS) is 34.2. The second kappa shape index (κ2) is 6.94. The van der Waals surface area contributed by atoms with E-state index in [4.69, 9.17) is 9.73 Å². The molecule has 3 fully saturated rings. The number of allylic oxidation sites excluding steroid dienone is 2. The van der Waals surface area contributed by atoms with E-state index in [9.17, 15) is 8.78 Å². The quantitative estimate of drug-likeness (QED) is 0.766. The number of H-pyrrole nitrogens is 1. The Morgan fingerprint density at radius 3 is 2.71 bits per heavy atom. The van der Waals surface area contributed by atoms with Crippen molar-refractivity contribution in [3.05, 3.63) is 41.2 Å². The molecular weight excluding hydrogens is 404 g/mol. The van der Waals surface area contributed by atoms with Crippen LogP contribution in [0.25, 0.3) is 0 Å². The number of alkyl halides is 2. The molecule has 2 N–H and O–H groups in total. The molecule has 0 saturated carbocycles. The van der Waals surface area contributed by atoms with E-state index in [1.54, 1.807) is 6.20 Å². The Bertz CT molecular complexity index is 932. The largest absolute Gasteiger partial charge is 0.371 e. The Kier molecular flexibility index (Phi) is 4.28. The van der Waals surface area contributed by atoms with E-state index < -0.39 is 5.92 Å². The van der Waals surface area contributed by atoms with Gasteiger partial charge in [-0.3, -0.25) is 20.5 Å². The van der Waals surface area contributed by atoms with Gasteiger partial charge >= 0.3 is 0 Å². The summed E-state index contributed by atoms with van der Waals surface area (Å²) in [6, 6.07) is 1.65. The predicted octanol–water partition coefficient (Wildman–Crippen LogP) is 2.35. The van der Waals surface area contributed by atoms with Gasteiger partial charge in [-0.15, -0.1) is 0 Å². The number of piperidine rings is 1. The number of aromatic amines is 1. The number of hydrogen-bond acceptors (Lipinski definition) is 7. The lowest BCUT2D eigenvalue weighted by Crippen LogP contribution is -2.52. The van der Waals surface area contributed by atoms with Crippen LogP contribution in [0.1, 0.15) is 44.5 Å². The molecule has 0 radical (unpaired) electrons. The molecule has 2 bridgehead atoms. The minimum absolute atomic E-state index is 0.131. The lowest BCUT2D eigenvalue weighted by Gasteiger charge is -2.45. The summed E-state index contributed by atoms with van der Waals surface area (Å²) in [5.41, 5.74) is 6.27. The Morgan fingerprint density at radius 1 is 1.19 bits per heavy atom. The maximum atomic E-state index is 14.0. The number of aromatic nitrogens is 2. The summed E-state index contributed by atoms with van der Waals surface area (Å²) in [5.74, 6) is -1.63. The molecule has 166 valence electrons. The summed E-state index contributed by atoms with van der Waals surface area (Å²) < 4.78 is 34.1. The zero-order chi connectivity index (χ0) is 21.2. The van der Waals surface area contributed by atoms with Gasteiger partial charge in [0.05, 0.1) is 29.8 Å². The number of morpholine rings is 1. The first-order chi connectivity index (χ1) is 15.0. The molecule has 6 rings (SSSR count). The standard InChI is InChI=1S/C21H27F2N7O/c1-13-9-21(22,23)5-7-29(13)17-8-19(28-11-14-2-3-15(12-28)31-14)27-30-18(17)10-24-20(30)16-4-6-25-26-16/h4,6,8,10,13-15,20,27H,2-3,5,7,9,11-12H2,1H3,(H,25,26). The molecule has 8 nitrogen and oxygen atoms in total. The van der Waals surface area contributed by atoms with Crippen LogP contribution in [0.2, 0.25) is 0 Å². The summed E-state index contributed by atoms with van der Waals surface area (Å²) in [4.78, 5) is 9.14. The van der Waals surface area contributed by atoms with Crippen LogP contribution in [0, 0.1) is 0 Å². The number of hydrogen-bond donors (Lipinski definition) is 2. The van der Waals surface area contributed by atoms with Crippen LogP contribution in [-0.4, -0.2) is 75.0 Å². The number of likely N-dealkylation sites (tertiary alicyclic amines) is 2. The van der Waals surface area contributed by atoms with Crippen LogP contribution >= 0.6 is 0 Å². The Morgan fingerprint density at radius 2 is 2.00 bits per heavy atom. The first-order valence-electron chi connectivity index (χ1n) is 11.1. The third-order valence-electron chi connectivity index (χ3n) is 6.95. The summed E-state index contributed by atoms with van der Waals surface area (Å²) >= 11 is 0. The number of halogens is 2. The molecule has 1 aromatic rings. The van der Waals surface area contributed by atoms with E-state index in [0.717, 1.165) is 48.8 Å². The van der Waals surface area contributed by atoms with E-state index in [1.165, 1.54) is 0 Å². The number of hydrazine groups is 1. The number of aliphatic imine (C=N–C) groups is 1. The molecule has 5 aliphatic heterocycles. The van der Waals surface area contributed by atoms with Gasteiger partial charge < -0.3 is 14.5 Å². The summed E-state index contributed by atoms with van der Waals surface area (Å²) in [6.45, 7) is 3.86. The van der Waals surface area contributed by atoms with Gasteiger partial charge in [0.2, 0.25) is 0 Å². The highest BCUT2D eigenvalue weighted by molar-refractivity contribution is 5.82. The molecule has 0 aliphatic carbocycles. The number of rotatable bonds is 3. The van der Waals surface area contributed by atoms with Crippen LogP contribution in [0.4, 0.5) is 8.78 Å². The van der Waals surface area contributed by atoms with Crippen molar-refractivity contribution in [1.29, 1.82) is 0 Å². The molecule has 3 saturated heterocycles. The Labute approximate surface area is 179 Å². The first-order valence-corrected chi connectivity index (χ1v) is 11.1. The second-order valence-electron chi connectivity index (χ2n) is 9.16. The average molecular weight is 431 g/mol. The maximum Gasteiger partial charge on any atom is 0.251 e. The minimum Gasteiger partial charge on any atom is -0.371 e. The van der Waals surface area contributed by atoms with Crippen molar-refractivity contribution >= 4 is 6.21 Å². The lowest BCUT2D eigenvalue weighted by atomic mass is 9.98. The van der Waals surface area contributed by atoms with E-state index >= 15 is 0 Å². The highest BCUT2D eigenvalue weighted by Gasteiger charge is 2.43. The van der Waals surface area contributed by atoms with Gasteiger partial charge in [-0.2, -0.15) is 5.10 Å². The highest BCUT2D eigenvalue weighted by Crippen LogP contribution is 2.39. The van der Waals surface area contributed by atoms with Crippen LogP contribution in [0.15, 0.2) is 40.5 Å². The molecule has 0 spiro atoms. The monoisotopic (exact) mass is 431 g/mol. The van der Waals surface area contributed by atoms with Crippen molar-refractivity contribution in [3.63, 3.8) is 0 Å². The molecule has 6 heterocycles. The predicted molar refractivity (Wildman–Crippen MR) is 110 cm³/mol. The fourth-order valence-electron chi connectivity index (χ4n) is 5.41. The van der Waals surface area contributed by atoms with Crippen LogP contribution in [-0.2, 0) is 4.74 Å². The molecule has 4 unspecified atom stereocenters. The van der Waals surface area contributed by atoms with E-state index in [0.29, 0.717) is 6.54 Å². The summed E-state index contributed by atoms with van der Waals surface area (Å²) in [5, 5.41) is 9.11. The molecule has 1 aromatic heterocycles. The van der Waals surface area contributed by atoms with E-state index in [2.05, 4.69) is 31.5 Å². The SMILES string of the molecule is CC1CC(F)(F)CCN1C1=C2C=NC(c3ccn[nH]3)N2NC(N2CC3CCC(C2)O3)=C1. The minimum atomic E-state index is -2.61. The Hall–Kier alpha value is -2.62. The molecule has 5 aliphatic rings. The van der Waals surface area contributed by atoms with Gasteiger partial charge in [0.25, 0.3) is 5.92 Å². The Balaban J connectivity index is 1.36. The van der Waals surface area contributed by atoms with Gasteiger partial charge in [-0.25, -0.2) is 8.78 Å². The summed E-state index contributed by atoms with van der Waals surface area (Å²) in [7, 11) is 0. The van der Waals surface area contributed by atoms with Gasteiger partial charge in [0.15, 0.2) is 6.17 Å². The van der Waals surface area contributed by atoms with Crippen molar-refractivity contribution in [2.24, 2.45) is 4.99 Å². The topological polar surface area (TPSA) is 72.0 Å². The molecule has 4 atom stereocenters. The number of ether oxygens (including phenoxy) is 1. The van der Waals surface area contributed by atoms with Crippen LogP contribution in [0.3, 0.4) is 0 Å². The van der Waals surface area contributed by atoms with Gasteiger partial charge in [0.1, 0.15) is 11.5 Å². The van der Waals surface area contributed by atoms with Crippen molar-refractivity contribution in [1.82, 2.24) is 30.4 Å². The zero-order valence-electron chi connectivity index (χ0n) is 17.5. The second-order valence-corrected chi connectivity index (χ2v) is 9.16. The lowest BCUT2D eigenvalue weighted by molar-refractivity contribution is -0.0671. The number of fused-ring (bicyclic) bond motifs is 3. The fourth-order valence-corrected chi connectivity index (χ4v) is 5.41. The van der Waals surface area contributed by atoms with E-state index in [-0.39, 0.29) is 37.3 Å². The molecule has 0 amide bonds. The third-order valence-corrected chi connectivity index (χ3v) is 6.95. The van der Waals surface area contributed by atoms with Crippen molar-refractivity contribution < 1.29 is 13.5 Å². The van der Waals surface area contributed by atoms with Gasteiger partial charge in [-0.05, 0) is 25.8 Å². The van der Waals surface area contributed by atoms with Crippen LogP contribution < -0.4 is 5.43 Å². The molecule has 10 heteroatoms. The smallest absolute Gasteiger partial charge is 0.251 e. The van der Waals surface area contributed by atoms with E-state index in [1.807, 2.05) is 24.2 Å². The number of nitrogens with one attached hydrogen (secondary N) is 2. The van der Waals surface area contributed by atoms with Crippen molar-refractivity contribution in [2.45, 2.75) is 62.9 Å². The highest BCUT2D eigenvalue weighted by atomic mass is 19.3. The van der Waals surface area contributed by atoms with Crippen molar-refractivity contribution in [3.8, 4) is 0 Å². The zero-order valence-corrected chi connectivity index (χ0v) is 17.5. The molecular formula is C21H27F2N7O. The molecule has 0 aromatic carbocycles.